The molecule has 11 heavy (non-hydrogen) atoms. The maximum absolute atomic E-state index is 10.9. The Bertz CT molecular complexity index is 271. The number of esters is 1. The summed E-state index contributed by atoms with van der Waals surface area (Å²) in [5.74, 6) is -0.438. The highest BCUT2D eigenvalue weighted by Gasteiger charge is 2.07. The Morgan fingerprint density at radius 2 is 2.45 bits per heavy atom. The second kappa shape index (κ2) is 3.39. The van der Waals surface area contributed by atoms with Crippen molar-refractivity contribution in [1.29, 1.82) is 0 Å². The van der Waals surface area contributed by atoms with Gasteiger partial charge in [-0.05, 0) is 18.2 Å². The summed E-state index contributed by atoms with van der Waals surface area (Å²) in [7, 11) is 1.31. The molecule has 0 amide bonds. The van der Waals surface area contributed by atoms with Gasteiger partial charge in [0.15, 0.2) is 0 Å². The summed E-state index contributed by atoms with van der Waals surface area (Å²) in [5.41, 5.74) is 0.344. The minimum Gasteiger partial charge on any atom is -0.465 e. The highest BCUT2D eigenvalue weighted by atomic mass is 35.5. The van der Waals surface area contributed by atoms with E-state index in [-0.39, 0.29) is 0 Å². The van der Waals surface area contributed by atoms with E-state index in [0.717, 1.165) is 0 Å². The molecule has 0 aliphatic heterocycles. The van der Waals surface area contributed by atoms with Gasteiger partial charge >= 0.3 is 5.97 Å². The second-order valence-electron chi connectivity index (χ2n) is 1.90. The topological polar surface area (TPSA) is 26.3 Å². The number of hydrogen-bond donors (Lipinski definition) is 0. The summed E-state index contributed by atoms with van der Waals surface area (Å²) in [6.45, 7) is 0. The quantitative estimate of drug-likeness (QED) is 0.601. The lowest BCUT2D eigenvalue weighted by Gasteiger charge is -1.99. The lowest BCUT2D eigenvalue weighted by Crippen LogP contribution is -2.01. The minimum absolute atomic E-state index is 0.344. The highest BCUT2D eigenvalue weighted by Crippen LogP contribution is 2.14. The lowest BCUT2D eigenvalue weighted by molar-refractivity contribution is 0.0601. The van der Waals surface area contributed by atoms with Crippen LogP contribution in [0.25, 0.3) is 0 Å². The third-order valence-electron chi connectivity index (χ3n) is 1.22. The fraction of sp³-hybridized carbons (Fsp3) is 0.125. The Hall–Kier alpha value is -1.02. The number of halogens is 1. The van der Waals surface area contributed by atoms with Crippen molar-refractivity contribution in [2.24, 2.45) is 0 Å². The fourth-order valence-corrected chi connectivity index (χ4v) is 0.873. The van der Waals surface area contributed by atoms with E-state index in [0.29, 0.717) is 10.6 Å². The van der Waals surface area contributed by atoms with Gasteiger partial charge in [-0.1, -0.05) is 17.7 Å². The third-order valence-corrected chi connectivity index (χ3v) is 1.55. The number of rotatable bonds is 1. The molecule has 0 spiro atoms. The normalized spacial score (nSPS) is 9.27. The molecule has 0 bridgehead atoms. The number of benzene rings is 1. The van der Waals surface area contributed by atoms with Crippen LogP contribution in [0.2, 0.25) is 5.02 Å². The van der Waals surface area contributed by atoms with Crippen molar-refractivity contribution in [3.8, 4) is 0 Å². The van der Waals surface area contributed by atoms with Crippen LogP contribution in [0.5, 0.6) is 0 Å². The number of hydrogen-bond acceptors (Lipinski definition) is 2. The van der Waals surface area contributed by atoms with E-state index in [1.54, 1.807) is 12.1 Å². The van der Waals surface area contributed by atoms with Crippen LogP contribution >= 0.6 is 11.6 Å². The molecule has 0 atom stereocenters. The van der Waals surface area contributed by atoms with Crippen LogP contribution in [0.15, 0.2) is 18.2 Å². The number of methoxy groups -OCH3 is 1. The highest BCUT2D eigenvalue weighted by molar-refractivity contribution is 6.33. The van der Waals surface area contributed by atoms with Gasteiger partial charge in [-0.2, -0.15) is 0 Å². The molecule has 0 aliphatic rings. The van der Waals surface area contributed by atoms with Crippen LogP contribution in [0.3, 0.4) is 0 Å². The standard InChI is InChI=1S/C8H6ClO2/c1-11-8(10)6-4-2-3-5-7(6)9/h3-5H,1H3. The molecule has 0 saturated carbocycles. The van der Waals surface area contributed by atoms with Crippen molar-refractivity contribution in [3.05, 3.63) is 34.9 Å². The molecular weight excluding hydrogens is 164 g/mol. The number of carbonyl (C=O) groups excluding carboxylic acids is 1. The fourth-order valence-electron chi connectivity index (χ4n) is 0.678. The summed E-state index contributed by atoms with van der Waals surface area (Å²) in [6.07, 6.45) is 0. The smallest absolute Gasteiger partial charge is 0.339 e. The first-order chi connectivity index (χ1) is 5.25. The molecular formula is C8H6ClO2. The van der Waals surface area contributed by atoms with Crippen molar-refractivity contribution in [3.63, 3.8) is 0 Å². The number of ether oxygens (including phenoxy) is 1. The first-order valence-electron chi connectivity index (χ1n) is 2.99. The molecule has 0 heterocycles. The predicted octanol–water partition coefficient (Wildman–Crippen LogP) is 1.93. The third kappa shape index (κ3) is 1.71. The maximum Gasteiger partial charge on any atom is 0.339 e. The molecule has 0 aliphatic carbocycles. The molecule has 1 aromatic rings. The van der Waals surface area contributed by atoms with E-state index in [1.807, 2.05) is 0 Å². The molecule has 0 saturated heterocycles. The van der Waals surface area contributed by atoms with Crippen LogP contribution in [0.4, 0.5) is 0 Å². The van der Waals surface area contributed by atoms with Crippen LogP contribution in [0.1, 0.15) is 10.4 Å². The average Bonchev–Trinajstić information content (AvgIpc) is 2.04. The SMILES string of the molecule is COC(=O)c1c[c]ccc1Cl. The summed E-state index contributed by atoms with van der Waals surface area (Å²) in [5, 5.41) is 0.385. The first-order valence-corrected chi connectivity index (χ1v) is 3.37. The van der Waals surface area contributed by atoms with Gasteiger partial charge in [0.1, 0.15) is 0 Å². The van der Waals surface area contributed by atoms with E-state index in [2.05, 4.69) is 10.8 Å². The Balaban J connectivity index is 3.03. The van der Waals surface area contributed by atoms with Crippen LogP contribution < -0.4 is 0 Å². The van der Waals surface area contributed by atoms with Gasteiger partial charge in [0.05, 0.1) is 17.7 Å². The van der Waals surface area contributed by atoms with E-state index in [4.69, 9.17) is 11.6 Å². The number of carbonyl (C=O) groups is 1. The summed E-state index contributed by atoms with van der Waals surface area (Å²) in [4.78, 5) is 10.9. The lowest BCUT2D eigenvalue weighted by atomic mass is 10.2. The molecule has 0 unspecified atom stereocenters. The van der Waals surface area contributed by atoms with Gasteiger partial charge in [-0.25, -0.2) is 4.79 Å². The van der Waals surface area contributed by atoms with Gasteiger partial charge in [0, 0.05) is 0 Å². The summed E-state index contributed by atoms with van der Waals surface area (Å²) < 4.78 is 4.47. The van der Waals surface area contributed by atoms with E-state index < -0.39 is 5.97 Å². The zero-order chi connectivity index (χ0) is 8.27. The van der Waals surface area contributed by atoms with Crippen LogP contribution in [-0.2, 0) is 4.74 Å². The van der Waals surface area contributed by atoms with Crippen LogP contribution in [-0.4, -0.2) is 13.1 Å². The van der Waals surface area contributed by atoms with Crippen molar-refractivity contribution in [2.75, 3.05) is 7.11 Å². The molecule has 2 nitrogen and oxygen atoms in total. The van der Waals surface area contributed by atoms with E-state index in [1.165, 1.54) is 13.2 Å². The minimum atomic E-state index is -0.438. The summed E-state index contributed by atoms with van der Waals surface area (Å²) in [6, 6.07) is 7.45. The molecule has 0 fully saturated rings. The second-order valence-corrected chi connectivity index (χ2v) is 2.30. The van der Waals surface area contributed by atoms with E-state index >= 15 is 0 Å². The van der Waals surface area contributed by atoms with Gasteiger partial charge < -0.3 is 4.74 Å². The molecule has 3 heteroatoms. The van der Waals surface area contributed by atoms with Crippen LogP contribution in [0, 0.1) is 6.07 Å². The van der Waals surface area contributed by atoms with Crippen molar-refractivity contribution in [1.82, 2.24) is 0 Å². The molecule has 1 aromatic carbocycles. The molecule has 1 radical (unpaired) electrons. The molecule has 1 rings (SSSR count). The molecule has 57 valence electrons. The predicted molar refractivity (Wildman–Crippen MR) is 41.6 cm³/mol. The van der Waals surface area contributed by atoms with Crippen molar-refractivity contribution >= 4 is 17.6 Å². The largest absolute Gasteiger partial charge is 0.465 e. The zero-order valence-corrected chi connectivity index (χ0v) is 6.68. The van der Waals surface area contributed by atoms with Gasteiger partial charge in [-0.15, -0.1) is 0 Å². The van der Waals surface area contributed by atoms with Gasteiger partial charge in [0.2, 0.25) is 0 Å². The maximum atomic E-state index is 10.9. The Labute approximate surface area is 69.7 Å². The zero-order valence-electron chi connectivity index (χ0n) is 5.93. The molecule has 0 N–H and O–H groups in total. The monoisotopic (exact) mass is 169 g/mol. The van der Waals surface area contributed by atoms with Crippen molar-refractivity contribution < 1.29 is 9.53 Å². The Morgan fingerprint density at radius 3 is 3.00 bits per heavy atom. The van der Waals surface area contributed by atoms with Crippen molar-refractivity contribution in [2.45, 2.75) is 0 Å². The molecule has 0 aromatic heterocycles. The van der Waals surface area contributed by atoms with Gasteiger partial charge in [0.25, 0.3) is 0 Å². The Kier molecular flexibility index (Phi) is 2.49. The van der Waals surface area contributed by atoms with Gasteiger partial charge in [-0.3, -0.25) is 0 Å². The van der Waals surface area contributed by atoms with E-state index in [9.17, 15) is 4.79 Å². The first kappa shape index (κ1) is 8.08. The Morgan fingerprint density at radius 1 is 1.73 bits per heavy atom. The summed E-state index contributed by atoms with van der Waals surface area (Å²) >= 11 is 5.68. The average molecular weight is 170 g/mol.